The number of nitrogens with zero attached hydrogens (tertiary/aromatic N) is 2. The number of methoxy groups -OCH3 is 1. The number of thiophene rings is 1. The van der Waals surface area contributed by atoms with Crippen LogP contribution in [0.15, 0.2) is 41.8 Å². The Balaban J connectivity index is 1.50. The van der Waals surface area contributed by atoms with Gasteiger partial charge >= 0.3 is 0 Å². The fourth-order valence-electron chi connectivity index (χ4n) is 5.22. The molecule has 2 amide bonds. The topological polar surface area (TPSA) is 63.6 Å². The van der Waals surface area contributed by atoms with Gasteiger partial charge < -0.3 is 19.5 Å². The SMILES string of the molecule is COc1cccc(CN2C(=O)c3cc4sccc4n3C[C@]2(C)C(=O)NC2CCC(C)CC2)c1. The molecule has 3 aromatic rings. The number of fused-ring (bicyclic) bond motifs is 3. The van der Waals surface area contributed by atoms with Crippen LogP contribution in [0.25, 0.3) is 10.2 Å². The van der Waals surface area contributed by atoms with Crippen LogP contribution in [0.5, 0.6) is 5.75 Å². The number of nitrogens with one attached hydrogen (secondary N) is 1. The van der Waals surface area contributed by atoms with Crippen LogP contribution >= 0.6 is 11.3 Å². The van der Waals surface area contributed by atoms with Crippen molar-refractivity contribution >= 4 is 33.4 Å². The van der Waals surface area contributed by atoms with E-state index in [1.807, 2.05) is 53.3 Å². The molecular formula is C26H31N3O3S. The van der Waals surface area contributed by atoms with Crippen molar-refractivity contribution in [2.45, 2.75) is 64.2 Å². The lowest BCUT2D eigenvalue weighted by Gasteiger charge is -2.45. The molecule has 3 heterocycles. The lowest BCUT2D eigenvalue weighted by atomic mass is 9.86. The normalized spacial score (nSPS) is 25.2. The molecule has 33 heavy (non-hydrogen) atoms. The van der Waals surface area contributed by atoms with Crippen LogP contribution in [-0.4, -0.2) is 40.0 Å². The zero-order valence-corrected chi connectivity index (χ0v) is 20.3. The molecule has 0 spiro atoms. The van der Waals surface area contributed by atoms with Gasteiger partial charge in [0.15, 0.2) is 0 Å². The van der Waals surface area contributed by atoms with Crippen LogP contribution in [-0.2, 0) is 17.9 Å². The molecule has 0 bridgehead atoms. The number of ether oxygens (including phenoxy) is 1. The van der Waals surface area contributed by atoms with Crippen molar-refractivity contribution in [3.8, 4) is 5.75 Å². The van der Waals surface area contributed by atoms with Gasteiger partial charge in [0.2, 0.25) is 5.91 Å². The second-order valence-electron chi connectivity index (χ2n) is 9.73. The Morgan fingerprint density at radius 2 is 2.00 bits per heavy atom. The molecule has 1 aliphatic heterocycles. The van der Waals surface area contributed by atoms with Crippen molar-refractivity contribution in [1.29, 1.82) is 0 Å². The number of aromatic nitrogens is 1. The molecule has 1 saturated carbocycles. The molecule has 2 aliphatic rings. The molecule has 5 rings (SSSR count). The average molecular weight is 466 g/mol. The Bertz CT molecular complexity index is 1190. The van der Waals surface area contributed by atoms with Gasteiger partial charge in [-0.3, -0.25) is 9.59 Å². The van der Waals surface area contributed by atoms with Gasteiger partial charge in [0.05, 0.1) is 23.9 Å². The summed E-state index contributed by atoms with van der Waals surface area (Å²) in [6, 6.07) is 11.9. The summed E-state index contributed by atoms with van der Waals surface area (Å²) in [5, 5.41) is 5.34. The van der Waals surface area contributed by atoms with E-state index in [4.69, 9.17) is 4.74 Å². The quantitative estimate of drug-likeness (QED) is 0.588. The maximum absolute atomic E-state index is 13.8. The number of amides is 2. The standard InChI is InChI=1S/C26H31N3O3S/c1-17-7-9-19(10-8-17)27-25(31)26(2)16-28-21-11-12-33-23(21)14-22(28)24(30)29(26)15-18-5-4-6-20(13-18)32-3/h4-6,11-14,17,19H,7-10,15-16H2,1-3H3,(H,27,31)/t17?,19?,26-/m1/s1. The fourth-order valence-corrected chi connectivity index (χ4v) is 6.04. The molecule has 0 saturated heterocycles. The minimum atomic E-state index is -0.996. The van der Waals surface area contributed by atoms with Gasteiger partial charge in [-0.05, 0) is 73.7 Å². The maximum Gasteiger partial charge on any atom is 0.271 e. The smallest absolute Gasteiger partial charge is 0.271 e. The van der Waals surface area contributed by atoms with E-state index < -0.39 is 5.54 Å². The molecular weight excluding hydrogens is 434 g/mol. The highest BCUT2D eigenvalue weighted by Crippen LogP contribution is 2.36. The summed E-state index contributed by atoms with van der Waals surface area (Å²) in [4.78, 5) is 29.4. The third-order valence-corrected chi connectivity index (χ3v) is 8.22. The predicted octanol–water partition coefficient (Wildman–Crippen LogP) is 4.82. The number of rotatable bonds is 5. The Labute approximate surface area is 198 Å². The van der Waals surface area contributed by atoms with E-state index in [2.05, 4.69) is 12.2 Å². The van der Waals surface area contributed by atoms with Gasteiger partial charge in [0.25, 0.3) is 5.91 Å². The molecule has 174 valence electrons. The van der Waals surface area contributed by atoms with Crippen molar-refractivity contribution in [2.75, 3.05) is 7.11 Å². The fraction of sp³-hybridized carbons (Fsp3) is 0.462. The van der Waals surface area contributed by atoms with Gasteiger partial charge in [0, 0.05) is 12.6 Å². The van der Waals surface area contributed by atoms with Crippen LogP contribution in [0.2, 0.25) is 0 Å². The lowest BCUT2D eigenvalue weighted by molar-refractivity contribution is -0.134. The first-order chi connectivity index (χ1) is 15.9. The summed E-state index contributed by atoms with van der Waals surface area (Å²) in [6.07, 6.45) is 4.25. The molecule has 1 aliphatic carbocycles. The molecule has 0 unspecified atom stereocenters. The minimum absolute atomic E-state index is 0.0685. The largest absolute Gasteiger partial charge is 0.497 e. The molecule has 6 nitrogen and oxygen atoms in total. The van der Waals surface area contributed by atoms with E-state index in [0.717, 1.165) is 47.2 Å². The summed E-state index contributed by atoms with van der Waals surface area (Å²) in [6.45, 7) is 4.97. The third kappa shape index (κ3) is 3.92. The minimum Gasteiger partial charge on any atom is -0.497 e. The van der Waals surface area contributed by atoms with Crippen molar-refractivity contribution in [1.82, 2.24) is 14.8 Å². The van der Waals surface area contributed by atoms with E-state index in [0.29, 0.717) is 24.7 Å². The Morgan fingerprint density at radius 1 is 1.21 bits per heavy atom. The first-order valence-electron chi connectivity index (χ1n) is 11.7. The number of carbonyl (C=O) groups excluding carboxylic acids is 2. The van der Waals surface area contributed by atoms with E-state index >= 15 is 0 Å². The predicted molar refractivity (Wildman–Crippen MR) is 131 cm³/mol. The molecule has 2 aromatic heterocycles. The first kappa shape index (κ1) is 22.0. The van der Waals surface area contributed by atoms with Gasteiger partial charge in [-0.1, -0.05) is 19.1 Å². The number of hydrogen-bond donors (Lipinski definition) is 1. The average Bonchev–Trinajstić information content (AvgIpc) is 3.41. The van der Waals surface area contributed by atoms with Crippen LogP contribution in [0.1, 0.15) is 55.6 Å². The second-order valence-corrected chi connectivity index (χ2v) is 10.7. The van der Waals surface area contributed by atoms with Gasteiger partial charge in [-0.15, -0.1) is 11.3 Å². The number of hydrogen-bond acceptors (Lipinski definition) is 4. The summed E-state index contributed by atoms with van der Waals surface area (Å²) in [5.41, 5.74) is 1.62. The maximum atomic E-state index is 13.8. The Morgan fingerprint density at radius 3 is 2.76 bits per heavy atom. The van der Waals surface area contributed by atoms with Gasteiger partial charge in [0.1, 0.15) is 17.0 Å². The van der Waals surface area contributed by atoms with E-state index in [1.165, 1.54) is 0 Å². The Kier molecular flexibility index (Phi) is 5.69. The summed E-state index contributed by atoms with van der Waals surface area (Å²) in [5.74, 6) is 1.27. The van der Waals surface area contributed by atoms with E-state index in [9.17, 15) is 9.59 Å². The van der Waals surface area contributed by atoms with Gasteiger partial charge in [-0.25, -0.2) is 0 Å². The highest BCUT2D eigenvalue weighted by atomic mass is 32.1. The summed E-state index contributed by atoms with van der Waals surface area (Å²) in [7, 11) is 1.63. The van der Waals surface area contributed by atoms with E-state index in [1.54, 1.807) is 23.3 Å². The highest BCUT2D eigenvalue weighted by Gasteiger charge is 2.48. The van der Waals surface area contributed by atoms with Crippen molar-refractivity contribution in [2.24, 2.45) is 5.92 Å². The molecule has 7 heteroatoms. The summed E-state index contributed by atoms with van der Waals surface area (Å²) < 4.78 is 8.48. The molecule has 1 fully saturated rings. The molecule has 1 N–H and O–H groups in total. The van der Waals surface area contributed by atoms with Crippen LogP contribution < -0.4 is 10.1 Å². The molecule has 1 aromatic carbocycles. The van der Waals surface area contributed by atoms with Crippen molar-refractivity contribution in [3.05, 3.63) is 53.0 Å². The van der Waals surface area contributed by atoms with Crippen molar-refractivity contribution < 1.29 is 14.3 Å². The van der Waals surface area contributed by atoms with Gasteiger partial charge in [-0.2, -0.15) is 0 Å². The second kappa shape index (κ2) is 8.52. The molecule has 1 atom stereocenters. The number of carbonyl (C=O) groups is 2. The first-order valence-corrected chi connectivity index (χ1v) is 12.6. The highest BCUT2D eigenvalue weighted by molar-refractivity contribution is 7.17. The summed E-state index contributed by atoms with van der Waals surface area (Å²) >= 11 is 1.62. The number of benzene rings is 1. The van der Waals surface area contributed by atoms with Crippen LogP contribution in [0.3, 0.4) is 0 Å². The Hall–Kier alpha value is -2.80. The zero-order chi connectivity index (χ0) is 23.2. The lowest BCUT2D eigenvalue weighted by Crippen LogP contribution is -2.64. The molecule has 0 radical (unpaired) electrons. The van der Waals surface area contributed by atoms with Crippen LogP contribution in [0, 0.1) is 5.92 Å². The van der Waals surface area contributed by atoms with E-state index in [-0.39, 0.29) is 17.9 Å². The van der Waals surface area contributed by atoms with Crippen molar-refractivity contribution in [3.63, 3.8) is 0 Å². The van der Waals surface area contributed by atoms with Crippen LogP contribution in [0.4, 0.5) is 0 Å². The third-order valence-electron chi connectivity index (χ3n) is 7.36. The monoisotopic (exact) mass is 465 g/mol. The zero-order valence-electron chi connectivity index (χ0n) is 19.5.